The van der Waals surface area contributed by atoms with Crippen LogP contribution in [-0.2, 0) is 18.6 Å². The third-order valence-electron chi connectivity index (χ3n) is 7.21. The van der Waals surface area contributed by atoms with Gasteiger partial charge >= 0.3 is 0 Å². The summed E-state index contributed by atoms with van der Waals surface area (Å²) in [5.41, 5.74) is 0. The van der Waals surface area contributed by atoms with Crippen molar-refractivity contribution in [1.29, 1.82) is 0 Å². The molecular weight excluding hydrogens is 440 g/mol. The number of hydrogen-bond acceptors (Lipinski definition) is 4. The molecule has 0 aromatic heterocycles. The highest BCUT2D eigenvalue weighted by atomic mass is 28.4. The lowest BCUT2D eigenvalue weighted by molar-refractivity contribution is -0.164. The highest BCUT2D eigenvalue weighted by Crippen LogP contribution is 2.42. The molecule has 1 saturated carbocycles. The van der Waals surface area contributed by atoms with Crippen molar-refractivity contribution in [2.75, 3.05) is 33.0 Å². The highest BCUT2D eigenvalue weighted by Gasteiger charge is 2.51. The molecule has 0 N–H and O–H groups in total. The van der Waals surface area contributed by atoms with E-state index in [9.17, 15) is 0 Å². The van der Waals surface area contributed by atoms with Crippen LogP contribution in [0.3, 0.4) is 0 Å². The third kappa shape index (κ3) is 6.38. The van der Waals surface area contributed by atoms with E-state index in [1.165, 1.54) is 23.2 Å². The first kappa shape index (κ1) is 25.6. The Morgan fingerprint density at radius 2 is 1.50 bits per heavy atom. The van der Waals surface area contributed by atoms with Gasteiger partial charge in [0.05, 0.1) is 6.61 Å². The van der Waals surface area contributed by atoms with Gasteiger partial charge in [-0.05, 0) is 59.4 Å². The van der Waals surface area contributed by atoms with Crippen LogP contribution in [0.15, 0.2) is 60.7 Å². The first-order valence-electron chi connectivity index (χ1n) is 13.1. The Balaban J connectivity index is 1.27. The minimum absolute atomic E-state index is 0.000176. The van der Waals surface area contributed by atoms with Gasteiger partial charge in [0, 0.05) is 26.4 Å². The van der Waals surface area contributed by atoms with Crippen LogP contribution in [0.5, 0.6) is 0 Å². The van der Waals surface area contributed by atoms with Crippen LogP contribution in [0.1, 0.15) is 52.9 Å². The maximum absolute atomic E-state index is 7.08. The van der Waals surface area contributed by atoms with E-state index < -0.39 is 8.32 Å². The fraction of sp³-hybridized carbons (Fsp3) is 0.586. The van der Waals surface area contributed by atoms with Gasteiger partial charge in [0.25, 0.3) is 8.32 Å². The second kappa shape index (κ2) is 12.0. The zero-order chi connectivity index (χ0) is 23.9. The quantitative estimate of drug-likeness (QED) is 0.310. The molecule has 1 heterocycles. The second-order valence-electron chi connectivity index (χ2n) is 10.8. The lowest BCUT2D eigenvalue weighted by Gasteiger charge is -2.43. The molecule has 1 saturated heterocycles. The Bertz CT molecular complexity index is 806. The van der Waals surface area contributed by atoms with Crippen LogP contribution in [-0.4, -0.2) is 47.6 Å². The van der Waals surface area contributed by atoms with Gasteiger partial charge in [-0.3, -0.25) is 0 Å². The van der Waals surface area contributed by atoms with E-state index in [0.29, 0.717) is 11.8 Å². The molecule has 2 aliphatic rings. The maximum atomic E-state index is 7.08. The summed E-state index contributed by atoms with van der Waals surface area (Å²) >= 11 is 0. The summed E-state index contributed by atoms with van der Waals surface area (Å²) in [6.45, 7) is 11.0. The Kier molecular flexibility index (Phi) is 9.00. The van der Waals surface area contributed by atoms with Crippen LogP contribution < -0.4 is 10.4 Å². The zero-order valence-corrected chi connectivity index (χ0v) is 22.2. The fourth-order valence-corrected chi connectivity index (χ4v) is 9.78. The van der Waals surface area contributed by atoms with E-state index in [1.54, 1.807) is 0 Å². The van der Waals surface area contributed by atoms with Gasteiger partial charge in [0.2, 0.25) is 0 Å². The highest BCUT2D eigenvalue weighted by molar-refractivity contribution is 6.99. The molecule has 4 nitrogen and oxygen atoms in total. The van der Waals surface area contributed by atoms with Crippen molar-refractivity contribution in [2.45, 2.75) is 64.2 Å². The van der Waals surface area contributed by atoms with Crippen LogP contribution in [0.2, 0.25) is 5.04 Å². The van der Waals surface area contributed by atoms with Crippen molar-refractivity contribution in [3.8, 4) is 0 Å². The molecule has 186 valence electrons. The van der Waals surface area contributed by atoms with Gasteiger partial charge in [-0.2, -0.15) is 0 Å². The molecule has 0 amide bonds. The monoisotopic (exact) mass is 482 g/mol. The van der Waals surface area contributed by atoms with Gasteiger partial charge in [-0.25, -0.2) is 0 Å². The third-order valence-corrected chi connectivity index (χ3v) is 12.2. The fourth-order valence-electron chi connectivity index (χ4n) is 5.17. The van der Waals surface area contributed by atoms with Crippen molar-refractivity contribution in [2.24, 2.45) is 11.8 Å². The molecule has 0 radical (unpaired) electrons. The molecule has 4 rings (SSSR count). The van der Waals surface area contributed by atoms with Crippen LogP contribution in [0.25, 0.3) is 0 Å². The first-order valence-corrected chi connectivity index (χ1v) is 15.0. The summed E-state index contributed by atoms with van der Waals surface area (Å²) in [5.74, 6) is 1.20. The SMILES string of the molecule is CC(C)(C)[Si](OC[C@H]1C[C@@H]1COCCCOC1CCCCO1)(c1ccccc1)c1ccccc1. The van der Waals surface area contributed by atoms with E-state index in [2.05, 4.69) is 81.4 Å². The Morgan fingerprint density at radius 1 is 0.853 bits per heavy atom. The molecule has 1 aliphatic carbocycles. The maximum Gasteiger partial charge on any atom is 0.261 e. The number of hydrogen-bond donors (Lipinski definition) is 0. The number of rotatable bonds is 12. The van der Waals surface area contributed by atoms with Crippen LogP contribution in [0, 0.1) is 11.8 Å². The van der Waals surface area contributed by atoms with Crippen molar-refractivity contribution in [1.82, 2.24) is 0 Å². The predicted molar refractivity (Wildman–Crippen MR) is 140 cm³/mol. The molecule has 0 spiro atoms. The van der Waals surface area contributed by atoms with Crippen LogP contribution in [0.4, 0.5) is 0 Å². The topological polar surface area (TPSA) is 36.9 Å². The van der Waals surface area contributed by atoms with Gasteiger partial charge < -0.3 is 18.6 Å². The zero-order valence-electron chi connectivity index (χ0n) is 21.2. The lowest BCUT2D eigenvalue weighted by Crippen LogP contribution is -2.66. The average molecular weight is 483 g/mol. The molecule has 2 fully saturated rings. The van der Waals surface area contributed by atoms with Crippen molar-refractivity contribution >= 4 is 18.7 Å². The average Bonchev–Trinajstić information content (AvgIpc) is 3.61. The minimum Gasteiger partial charge on any atom is -0.407 e. The van der Waals surface area contributed by atoms with E-state index >= 15 is 0 Å². The molecule has 2 aromatic rings. The summed E-state index contributed by atoms with van der Waals surface area (Å²) in [7, 11) is -2.44. The van der Waals surface area contributed by atoms with Gasteiger partial charge in [-0.15, -0.1) is 0 Å². The van der Waals surface area contributed by atoms with Gasteiger partial charge in [0.1, 0.15) is 0 Å². The first-order chi connectivity index (χ1) is 16.5. The minimum atomic E-state index is -2.44. The molecule has 3 atom stereocenters. The largest absolute Gasteiger partial charge is 0.407 e. The Morgan fingerprint density at radius 3 is 2.09 bits per heavy atom. The standard InChI is InChI=1S/C29H42O4Si/c1-29(2,3)34(26-13-6-4-7-14-26,27-15-8-5-9-16-27)33-23-25-21-24(25)22-30-18-12-20-32-28-17-10-11-19-31-28/h4-9,13-16,24-25,28H,10-12,17-23H2,1-3H3/t24-,25-,28?/m1/s1. The van der Waals surface area contributed by atoms with Crippen LogP contribution >= 0.6 is 0 Å². The molecule has 34 heavy (non-hydrogen) atoms. The van der Waals surface area contributed by atoms with Crippen molar-refractivity contribution in [3.63, 3.8) is 0 Å². The molecule has 2 aromatic carbocycles. The second-order valence-corrected chi connectivity index (χ2v) is 15.1. The van der Waals surface area contributed by atoms with Crippen molar-refractivity contribution < 1.29 is 18.6 Å². The molecular formula is C29H42O4Si. The van der Waals surface area contributed by atoms with E-state index in [-0.39, 0.29) is 11.3 Å². The predicted octanol–water partition coefficient (Wildman–Crippen LogP) is 5.15. The smallest absolute Gasteiger partial charge is 0.261 e. The summed E-state index contributed by atoms with van der Waals surface area (Å²) in [4.78, 5) is 0. The number of benzene rings is 2. The summed E-state index contributed by atoms with van der Waals surface area (Å²) in [5, 5.41) is 2.73. The lowest BCUT2D eigenvalue weighted by atomic mass is 10.2. The molecule has 1 aliphatic heterocycles. The summed E-state index contributed by atoms with van der Waals surface area (Å²) in [6.07, 6.45) is 5.52. The normalized spacial score (nSPS) is 23.1. The van der Waals surface area contributed by atoms with E-state index in [1.807, 2.05) is 0 Å². The number of ether oxygens (including phenoxy) is 3. The van der Waals surface area contributed by atoms with E-state index in [0.717, 1.165) is 52.3 Å². The van der Waals surface area contributed by atoms with Gasteiger partial charge in [-0.1, -0.05) is 81.4 Å². The van der Waals surface area contributed by atoms with Gasteiger partial charge in [0.15, 0.2) is 6.29 Å². The van der Waals surface area contributed by atoms with Crippen molar-refractivity contribution in [3.05, 3.63) is 60.7 Å². The summed E-state index contributed by atoms with van der Waals surface area (Å²) in [6, 6.07) is 21.8. The molecule has 0 bridgehead atoms. The Labute approximate surface area is 207 Å². The molecule has 5 heteroatoms. The van der Waals surface area contributed by atoms with E-state index in [4.69, 9.17) is 18.6 Å². The summed E-state index contributed by atoms with van der Waals surface area (Å²) < 4.78 is 24.5. The Hall–Kier alpha value is -1.50. The molecule has 1 unspecified atom stereocenters.